The van der Waals surface area contributed by atoms with Crippen LogP contribution in [-0.4, -0.2) is 37.4 Å². The van der Waals surface area contributed by atoms with E-state index in [1.54, 1.807) is 4.68 Å². The average molecular weight is 341 g/mol. The van der Waals surface area contributed by atoms with E-state index in [1.165, 1.54) is 22.2 Å². The van der Waals surface area contributed by atoms with Crippen molar-refractivity contribution in [3.8, 4) is 5.69 Å². The fraction of sp³-hybridized carbons (Fsp3) is 0.200. The van der Waals surface area contributed by atoms with Crippen LogP contribution < -0.4 is 16.6 Å². The van der Waals surface area contributed by atoms with Crippen molar-refractivity contribution in [2.45, 2.75) is 0 Å². The molecular weight excluding hydrogens is 326 g/mol. The maximum absolute atomic E-state index is 12.8. The van der Waals surface area contributed by atoms with Gasteiger partial charge in [-0.1, -0.05) is 11.3 Å². The lowest BCUT2D eigenvalue weighted by Gasteiger charge is -2.04. The molecule has 3 heterocycles. The molecule has 0 saturated carbocycles. The molecule has 0 aliphatic carbocycles. The number of aryl methyl sites for hydroxylation is 1. The number of hydrogen-bond acceptors (Lipinski definition) is 7. The second kappa shape index (κ2) is 5.69. The molecule has 3 N–H and O–H groups in total. The minimum atomic E-state index is -0.137. The number of benzene rings is 1. The molecular formula is C15H15N7OS. The van der Waals surface area contributed by atoms with E-state index in [2.05, 4.69) is 20.4 Å². The third-order valence-corrected chi connectivity index (χ3v) is 4.61. The van der Waals surface area contributed by atoms with Crippen molar-refractivity contribution >= 4 is 37.7 Å². The standard InChI is InChI=1S/C15H15N7OS/c1-21-7-9-6-10(2-3-11(9)20-21)22-8-18-13-12(14(22)23)24-15(19-13)17-5-4-16/h2-3,6-8H,4-5,16H2,1H3,(H,17,19). The van der Waals surface area contributed by atoms with Crippen LogP contribution in [0.1, 0.15) is 0 Å². The predicted molar refractivity (Wildman–Crippen MR) is 94.8 cm³/mol. The number of nitrogens with zero attached hydrogens (tertiary/aromatic N) is 5. The second-order valence-corrected chi connectivity index (χ2v) is 6.35. The number of nitrogens with two attached hydrogens (primary N) is 1. The minimum Gasteiger partial charge on any atom is -0.360 e. The van der Waals surface area contributed by atoms with Gasteiger partial charge in [-0.2, -0.15) is 10.1 Å². The number of nitrogens with one attached hydrogen (secondary N) is 1. The topological polar surface area (TPSA) is 104 Å². The van der Waals surface area contributed by atoms with E-state index in [1.807, 2.05) is 31.4 Å². The molecule has 0 unspecified atom stereocenters. The summed E-state index contributed by atoms with van der Waals surface area (Å²) >= 11 is 1.29. The van der Waals surface area contributed by atoms with E-state index in [0.717, 1.165) is 16.6 Å². The lowest BCUT2D eigenvalue weighted by atomic mass is 10.2. The smallest absolute Gasteiger partial charge is 0.277 e. The molecule has 0 radical (unpaired) electrons. The zero-order valence-electron chi connectivity index (χ0n) is 12.9. The Morgan fingerprint density at radius 3 is 3.08 bits per heavy atom. The maximum Gasteiger partial charge on any atom is 0.277 e. The van der Waals surface area contributed by atoms with Gasteiger partial charge in [-0.25, -0.2) is 4.98 Å². The Labute approximate surface area is 140 Å². The summed E-state index contributed by atoms with van der Waals surface area (Å²) in [6.45, 7) is 1.10. The Morgan fingerprint density at radius 2 is 2.25 bits per heavy atom. The van der Waals surface area contributed by atoms with Crippen LogP contribution in [0.5, 0.6) is 0 Å². The first-order valence-electron chi connectivity index (χ1n) is 7.41. The van der Waals surface area contributed by atoms with Gasteiger partial charge in [0, 0.05) is 31.7 Å². The quantitative estimate of drug-likeness (QED) is 0.576. The molecule has 0 aliphatic heterocycles. The van der Waals surface area contributed by atoms with Gasteiger partial charge in [-0.05, 0) is 18.2 Å². The summed E-state index contributed by atoms with van der Waals surface area (Å²) in [7, 11) is 1.87. The van der Waals surface area contributed by atoms with Crippen LogP contribution in [0.4, 0.5) is 5.13 Å². The molecule has 9 heteroatoms. The molecule has 24 heavy (non-hydrogen) atoms. The molecule has 122 valence electrons. The van der Waals surface area contributed by atoms with Crippen LogP contribution >= 0.6 is 11.3 Å². The SMILES string of the molecule is Cn1cc2cc(-n3cnc4nc(NCCN)sc4c3=O)ccc2n1. The molecule has 1 aromatic carbocycles. The number of rotatable bonds is 4. The molecule has 4 rings (SSSR count). The number of thiazole rings is 1. The normalized spacial score (nSPS) is 11.4. The van der Waals surface area contributed by atoms with Gasteiger partial charge in [-0.3, -0.25) is 14.0 Å². The van der Waals surface area contributed by atoms with Gasteiger partial charge in [0.2, 0.25) is 0 Å². The Balaban J connectivity index is 1.82. The van der Waals surface area contributed by atoms with Crippen LogP contribution in [0.2, 0.25) is 0 Å². The molecule has 3 aromatic heterocycles. The Hall–Kier alpha value is -2.78. The van der Waals surface area contributed by atoms with Crippen molar-refractivity contribution in [1.29, 1.82) is 0 Å². The maximum atomic E-state index is 12.8. The van der Waals surface area contributed by atoms with Crippen LogP contribution in [0, 0.1) is 0 Å². The first-order chi connectivity index (χ1) is 11.7. The minimum absolute atomic E-state index is 0.137. The van der Waals surface area contributed by atoms with E-state index in [9.17, 15) is 4.79 Å². The van der Waals surface area contributed by atoms with Crippen LogP contribution in [0.15, 0.2) is 35.5 Å². The molecule has 0 spiro atoms. The summed E-state index contributed by atoms with van der Waals surface area (Å²) in [6.07, 6.45) is 3.42. The summed E-state index contributed by atoms with van der Waals surface area (Å²) in [4.78, 5) is 21.4. The Morgan fingerprint density at radius 1 is 1.38 bits per heavy atom. The molecule has 0 fully saturated rings. The number of anilines is 1. The van der Waals surface area contributed by atoms with E-state index in [0.29, 0.717) is 28.6 Å². The van der Waals surface area contributed by atoms with Gasteiger partial charge in [0.1, 0.15) is 11.0 Å². The third kappa shape index (κ3) is 2.43. The van der Waals surface area contributed by atoms with Crippen molar-refractivity contribution < 1.29 is 0 Å². The molecule has 0 saturated heterocycles. The van der Waals surface area contributed by atoms with Crippen LogP contribution in [-0.2, 0) is 7.05 Å². The average Bonchev–Trinajstić information content (AvgIpc) is 3.15. The molecule has 0 atom stereocenters. The van der Waals surface area contributed by atoms with Gasteiger partial charge < -0.3 is 11.1 Å². The van der Waals surface area contributed by atoms with E-state index < -0.39 is 0 Å². The van der Waals surface area contributed by atoms with Crippen LogP contribution in [0.3, 0.4) is 0 Å². The predicted octanol–water partition coefficient (Wildman–Crippen LogP) is 1.10. The van der Waals surface area contributed by atoms with Crippen molar-refractivity contribution in [3.63, 3.8) is 0 Å². The third-order valence-electron chi connectivity index (χ3n) is 3.62. The molecule has 8 nitrogen and oxygen atoms in total. The summed E-state index contributed by atoms with van der Waals surface area (Å²) in [6, 6.07) is 5.67. The highest BCUT2D eigenvalue weighted by atomic mass is 32.1. The highest BCUT2D eigenvalue weighted by Gasteiger charge is 2.12. The number of aromatic nitrogens is 5. The number of hydrogen-bond donors (Lipinski definition) is 2. The van der Waals surface area contributed by atoms with E-state index in [-0.39, 0.29) is 5.56 Å². The van der Waals surface area contributed by atoms with Crippen molar-refractivity contribution in [3.05, 3.63) is 41.1 Å². The highest BCUT2D eigenvalue weighted by molar-refractivity contribution is 7.22. The fourth-order valence-corrected chi connectivity index (χ4v) is 3.41. The summed E-state index contributed by atoms with van der Waals surface area (Å²) in [5.74, 6) is 0. The van der Waals surface area contributed by atoms with Gasteiger partial charge in [0.25, 0.3) is 5.56 Å². The van der Waals surface area contributed by atoms with Gasteiger partial charge in [0.05, 0.1) is 11.2 Å². The Kier molecular flexibility index (Phi) is 3.51. The molecule has 0 amide bonds. The molecule has 0 aliphatic rings. The van der Waals surface area contributed by atoms with Crippen molar-refractivity contribution in [2.24, 2.45) is 12.8 Å². The van der Waals surface area contributed by atoms with Crippen LogP contribution in [0.25, 0.3) is 26.9 Å². The Bertz CT molecular complexity index is 1090. The zero-order valence-corrected chi connectivity index (χ0v) is 13.7. The largest absolute Gasteiger partial charge is 0.360 e. The van der Waals surface area contributed by atoms with Crippen molar-refractivity contribution in [2.75, 3.05) is 18.4 Å². The fourth-order valence-electron chi connectivity index (χ4n) is 2.54. The monoisotopic (exact) mass is 341 g/mol. The van der Waals surface area contributed by atoms with Gasteiger partial charge in [0.15, 0.2) is 10.8 Å². The van der Waals surface area contributed by atoms with Gasteiger partial charge >= 0.3 is 0 Å². The van der Waals surface area contributed by atoms with Crippen molar-refractivity contribution in [1.82, 2.24) is 24.3 Å². The van der Waals surface area contributed by atoms with E-state index in [4.69, 9.17) is 5.73 Å². The molecule has 4 aromatic rings. The summed E-state index contributed by atoms with van der Waals surface area (Å²) < 4.78 is 3.79. The lowest BCUT2D eigenvalue weighted by molar-refractivity contribution is 0.780. The summed E-state index contributed by atoms with van der Waals surface area (Å²) in [5.41, 5.74) is 7.42. The second-order valence-electron chi connectivity index (χ2n) is 5.35. The first-order valence-corrected chi connectivity index (χ1v) is 8.23. The first kappa shape index (κ1) is 14.8. The highest BCUT2D eigenvalue weighted by Crippen LogP contribution is 2.22. The number of fused-ring (bicyclic) bond motifs is 2. The van der Waals surface area contributed by atoms with E-state index >= 15 is 0 Å². The summed E-state index contributed by atoms with van der Waals surface area (Å²) in [5, 5.41) is 9.04. The van der Waals surface area contributed by atoms with Gasteiger partial charge in [-0.15, -0.1) is 0 Å². The lowest BCUT2D eigenvalue weighted by Crippen LogP contribution is -2.17. The zero-order chi connectivity index (χ0) is 16.7. The molecule has 0 bridgehead atoms.